The number of phenolic OH excluding ortho intramolecular Hbond substituents is 1. The molecule has 4 saturated heterocycles. The largest absolute Gasteiger partial charge is 0.508 e. The lowest BCUT2D eigenvalue weighted by molar-refractivity contribution is 0.107. The Bertz CT molecular complexity index is 2000. The number of halogens is 2. The van der Waals surface area contributed by atoms with Crippen molar-refractivity contribution in [1.29, 1.82) is 0 Å². The van der Waals surface area contributed by atoms with E-state index in [4.69, 9.17) is 19.8 Å². The maximum absolute atomic E-state index is 15.2. The van der Waals surface area contributed by atoms with Crippen molar-refractivity contribution >= 4 is 33.0 Å². The number of phenols is 1. The molecule has 238 valence electrons. The molecule has 2 aromatic carbocycles. The van der Waals surface area contributed by atoms with Gasteiger partial charge in [0, 0.05) is 43.7 Å². The molecule has 9 nitrogen and oxygen atoms in total. The molecule has 4 fully saturated rings. The summed E-state index contributed by atoms with van der Waals surface area (Å²) in [7, 11) is 0. The highest BCUT2D eigenvalue weighted by atomic mass is 19.1. The van der Waals surface area contributed by atoms with Crippen LogP contribution in [0.25, 0.3) is 38.4 Å². The van der Waals surface area contributed by atoms with Crippen LogP contribution in [0.1, 0.15) is 44.6 Å². The number of hydrogen-bond donors (Lipinski definition) is 2. The Morgan fingerprint density at radius 3 is 2.74 bits per heavy atom. The van der Waals surface area contributed by atoms with Gasteiger partial charge in [-0.15, -0.1) is 0 Å². The summed E-state index contributed by atoms with van der Waals surface area (Å²) in [6.07, 6.45) is 6.05. The molecular formula is C35H37F2N7O2. The van der Waals surface area contributed by atoms with Crippen LogP contribution < -0.4 is 15.0 Å². The molecular weight excluding hydrogens is 588 g/mol. The van der Waals surface area contributed by atoms with Gasteiger partial charge in [0.05, 0.1) is 33.8 Å². The first-order valence-corrected chi connectivity index (χ1v) is 16.5. The minimum Gasteiger partial charge on any atom is -0.508 e. The maximum Gasteiger partial charge on any atom is 0.319 e. The summed E-state index contributed by atoms with van der Waals surface area (Å²) in [5, 5.41) is 21.6. The predicted molar refractivity (Wildman–Crippen MR) is 173 cm³/mol. The highest BCUT2D eigenvalue weighted by Gasteiger charge is 2.49. The Balaban J connectivity index is 1.24. The number of pyridine rings is 1. The monoisotopic (exact) mass is 625 g/mol. The molecule has 4 atom stereocenters. The topological polar surface area (TPSA) is 91.1 Å². The first-order chi connectivity index (χ1) is 22.4. The summed E-state index contributed by atoms with van der Waals surface area (Å²) in [6.45, 7) is 5.25. The van der Waals surface area contributed by atoms with E-state index in [0.29, 0.717) is 60.4 Å². The minimum atomic E-state index is -0.846. The number of aryl methyl sites for hydroxylation is 1. The van der Waals surface area contributed by atoms with Gasteiger partial charge in [-0.2, -0.15) is 15.1 Å². The van der Waals surface area contributed by atoms with Crippen molar-refractivity contribution in [2.75, 3.05) is 37.7 Å². The second-order valence-electron chi connectivity index (χ2n) is 13.6. The van der Waals surface area contributed by atoms with E-state index in [9.17, 15) is 9.50 Å². The molecule has 0 saturated carbocycles. The number of ether oxygens (including phenoxy) is 1. The molecule has 2 N–H and O–H groups in total. The lowest BCUT2D eigenvalue weighted by atomic mass is 9.94. The van der Waals surface area contributed by atoms with Gasteiger partial charge in [-0.05, 0) is 85.3 Å². The van der Waals surface area contributed by atoms with Crippen molar-refractivity contribution in [2.24, 2.45) is 0 Å². The van der Waals surface area contributed by atoms with Crippen LogP contribution in [0.2, 0.25) is 0 Å². The minimum absolute atomic E-state index is 0.0864. The Morgan fingerprint density at radius 1 is 1.07 bits per heavy atom. The highest BCUT2D eigenvalue weighted by Crippen LogP contribution is 2.42. The van der Waals surface area contributed by atoms with Crippen LogP contribution in [0.4, 0.5) is 14.6 Å². The Morgan fingerprint density at radius 2 is 1.91 bits per heavy atom. The average molecular weight is 626 g/mol. The fourth-order valence-electron chi connectivity index (χ4n) is 8.82. The zero-order chi connectivity index (χ0) is 31.2. The van der Waals surface area contributed by atoms with Crippen LogP contribution >= 0.6 is 0 Å². The molecule has 2 bridgehead atoms. The van der Waals surface area contributed by atoms with E-state index in [2.05, 4.69) is 15.1 Å². The lowest BCUT2D eigenvalue weighted by Gasteiger charge is -2.35. The van der Waals surface area contributed by atoms with Crippen molar-refractivity contribution < 1.29 is 18.6 Å². The third-order valence-electron chi connectivity index (χ3n) is 10.8. The molecule has 4 aliphatic rings. The Labute approximate surface area is 265 Å². The molecule has 5 aromatic rings. The van der Waals surface area contributed by atoms with Crippen LogP contribution in [-0.2, 0) is 6.42 Å². The summed E-state index contributed by atoms with van der Waals surface area (Å²) in [4.78, 5) is 14.6. The number of alkyl halides is 1. The van der Waals surface area contributed by atoms with E-state index in [-0.39, 0.29) is 23.1 Å². The zero-order valence-electron chi connectivity index (χ0n) is 25.8. The molecule has 46 heavy (non-hydrogen) atoms. The quantitative estimate of drug-likeness (QED) is 0.259. The molecule has 2 unspecified atom stereocenters. The van der Waals surface area contributed by atoms with Gasteiger partial charge in [-0.3, -0.25) is 4.90 Å². The number of nitrogens with zero attached hydrogens (tertiary/aromatic N) is 6. The molecule has 0 amide bonds. The summed E-state index contributed by atoms with van der Waals surface area (Å²) >= 11 is 0. The molecule has 0 aliphatic carbocycles. The van der Waals surface area contributed by atoms with Crippen molar-refractivity contribution in [3.05, 3.63) is 54.0 Å². The number of anilines is 1. The van der Waals surface area contributed by atoms with Gasteiger partial charge in [0.25, 0.3) is 0 Å². The smallest absolute Gasteiger partial charge is 0.319 e. The van der Waals surface area contributed by atoms with Gasteiger partial charge >= 0.3 is 6.01 Å². The van der Waals surface area contributed by atoms with Crippen LogP contribution in [0, 0.1) is 5.82 Å². The highest BCUT2D eigenvalue weighted by molar-refractivity contribution is 6.06. The number of rotatable bonds is 6. The molecule has 7 heterocycles. The van der Waals surface area contributed by atoms with Crippen molar-refractivity contribution in [3.63, 3.8) is 0 Å². The van der Waals surface area contributed by atoms with Crippen molar-refractivity contribution in [3.8, 4) is 23.0 Å². The predicted octanol–water partition coefficient (Wildman–Crippen LogP) is 5.40. The fourth-order valence-corrected chi connectivity index (χ4v) is 8.82. The van der Waals surface area contributed by atoms with Crippen molar-refractivity contribution in [1.82, 2.24) is 29.8 Å². The number of benzene rings is 2. The molecule has 9 rings (SSSR count). The first-order valence-electron chi connectivity index (χ1n) is 16.5. The van der Waals surface area contributed by atoms with Crippen LogP contribution in [-0.4, -0.2) is 86.2 Å². The summed E-state index contributed by atoms with van der Waals surface area (Å²) < 4.78 is 38.0. The third-order valence-corrected chi connectivity index (χ3v) is 10.8. The standard InChI is InChI=1S/C35H37F2N7O2/c1-2-25-27(37)7-4-20-12-24(45)13-26(31(20)25)30-14-28-32(29-8-10-38-44(29)30)33(42-17-22-5-6-23(18-42)39-22)41-34(40-28)46-19-35-9-3-11-43(35)16-21(36)15-35/h4,7-8,10,12-14,21-23,39,45H,2-3,5-6,9,11,15-19H2,1H3/t21-,22?,23?,35+/m1/s1. The van der Waals surface area contributed by atoms with Gasteiger partial charge in [0.2, 0.25) is 0 Å². The lowest BCUT2D eigenvalue weighted by Crippen LogP contribution is -2.51. The Hall–Kier alpha value is -4.09. The fraction of sp³-hybridized carbons (Fsp3) is 0.457. The first kappa shape index (κ1) is 28.2. The Kier molecular flexibility index (Phi) is 6.41. The number of aromatic hydroxyl groups is 1. The second kappa shape index (κ2) is 10.5. The van der Waals surface area contributed by atoms with Crippen molar-refractivity contribution in [2.45, 2.75) is 69.2 Å². The summed E-state index contributed by atoms with van der Waals surface area (Å²) in [5.41, 5.74) is 3.11. The zero-order valence-corrected chi connectivity index (χ0v) is 25.8. The van der Waals surface area contributed by atoms with E-state index in [0.717, 1.165) is 72.8 Å². The molecule has 0 spiro atoms. The summed E-state index contributed by atoms with van der Waals surface area (Å²) in [5.74, 6) is 0.603. The number of hydrogen-bond acceptors (Lipinski definition) is 8. The average Bonchev–Trinajstić information content (AvgIpc) is 3.82. The van der Waals surface area contributed by atoms with Gasteiger partial charge in [0.1, 0.15) is 30.2 Å². The SMILES string of the molecule is CCc1c(F)ccc2cc(O)cc(-c3cc4nc(OC[C@@]56CCCN5C[C@H](F)C6)nc(N5CC6CCC(C5)N6)c4c4ccnn34)c12. The van der Waals surface area contributed by atoms with E-state index in [1.54, 1.807) is 24.4 Å². The van der Waals surface area contributed by atoms with E-state index < -0.39 is 6.17 Å². The number of aromatic nitrogens is 4. The third kappa shape index (κ3) is 4.35. The second-order valence-corrected chi connectivity index (χ2v) is 13.6. The molecule has 3 aromatic heterocycles. The van der Waals surface area contributed by atoms with E-state index in [1.807, 2.05) is 23.6 Å². The van der Waals surface area contributed by atoms with Crippen LogP contribution in [0.3, 0.4) is 0 Å². The van der Waals surface area contributed by atoms with Gasteiger partial charge < -0.3 is 20.1 Å². The van der Waals surface area contributed by atoms with Crippen LogP contribution in [0.15, 0.2) is 42.6 Å². The van der Waals surface area contributed by atoms with Gasteiger partial charge in [-0.1, -0.05) is 13.0 Å². The number of fused-ring (bicyclic) bond motifs is 7. The maximum atomic E-state index is 15.2. The van der Waals surface area contributed by atoms with Crippen LogP contribution in [0.5, 0.6) is 11.8 Å². The number of piperazine rings is 1. The molecule has 4 aliphatic heterocycles. The normalized spacial score (nSPS) is 26.2. The van der Waals surface area contributed by atoms with E-state index >= 15 is 4.39 Å². The van der Waals surface area contributed by atoms with Gasteiger partial charge in [0.15, 0.2) is 0 Å². The van der Waals surface area contributed by atoms with Gasteiger partial charge in [-0.25, -0.2) is 13.3 Å². The molecule has 0 radical (unpaired) electrons. The number of nitrogens with one attached hydrogen (secondary N) is 1. The summed E-state index contributed by atoms with van der Waals surface area (Å²) in [6, 6.07) is 11.5. The molecule has 11 heteroatoms. The van der Waals surface area contributed by atoms with E-state index in [1.165, 1.54) is 6.07 Å².